The Morgan fingerprint density at radius 3 is 3.18 bits per heavy atom. The molecule has 0 aliphatic carbocycles. The van der Waals surface area contributed by atoms with E-state index in [1.54, 1.807) is 12.1 Å². The molecule has 94 valence electrons. The van der Waals surface area contributed by atoms with Crippen LogP contribution in [-0.2, 0) is 0 Å². The lowest BCUT2D eigenvalue weighted by molar-refractivity contribution is 0.143. The molecule has 1 aromatic rings. The van der Waals surface area contributed by atoms with Gasteiger partial charge in [-0.1, -0.05) is 6.07 Å². The number of hydrogen-bond acceptors (Lipinski definition) is 3. The van der Waals surface area contributed by atoms with Gasteiger partial charge in [0.2, 0.25) is 0 Å². The molecule has 1 aromatic carbocycles. The molecule has 1 saturated heterocycles. The van der Waals surface area contributed by atoms with Gasteiger partial charge in [0.25, 0.3) is 0 Å². The molecule has 1 atom stereocenters. The Bertz CT molecular complexity index is 359. The molecule has 1 aliphatic heterocycles. The van der Waals surface area contributed by atoms with Gasteiger partial charge in [-0.2, -0.15) is 0 Å². The van der Waals surface area contributed by atoms with Gasteiger partial charge in [-0.3, -0.25) is 4.90 Å². The smallest absolute Gasteiger partial charge is 0.126 e. The SMILES string of the molecule is C[C@H]1CNCCN1CCOc1cccc(F)c1. The summed E-state index contributed by atoms with van der Waals surface area (Å²) in [5.74, 6) is 0.353. The third kappa shape index (κ3) is 3.68. The number of ether oxygens (including phenoxy) is 1. The quantitative estimate of drug-likeness (QED) is 0.860. The van der Waals surface area contributed by atoms with Crippen molar-refractivity contribution in [1.29, 1.82) is 0 Å². The van der Waals surface area contributed by atoms with Crippen molar-refractivity contribution in [2.75, 3.05) is 32.8 Å². The molecule has 1 N–H and O–H groups in total. The first-order chi connectivity index (χ1) is 8.25. The van der Waals surface area contributed by atoms with Crippen molar-refractivity contribution in [3.63, 3.8) is 0 Å². The highest BCUT2D eigenvalue weighted by molar-refractivity contribution is 5.22. The summed E-state index contributed by atoms with van der Waals surface area (Å²) < 4.78 is 18.4. The summed E-state index contributed by atoms with van der Waals surface area (Å²) in [5, 5.41) is 3.35. The minimum atomic E-state index is -0.252. The number of nitrogens with zero attached hydrogens (tertiary/aromatic N) is 1. The van der Waals surface area contributed by atoms with Crippen LogP contribution in [0.3, 0.4) is 0 Å². The van der Waals surface area contributed by atoms with Crippen LogP contribution in [0.5, 0.6) is 5.75 Å². The van der Waals surface area contributed by atoms with Crippen LogP contribution in [0.1, 0.15) is 6.92 Å². The molecule has 0 radical (unpaired) electrons. The normalized spacial score (nSPS) is 21.4. The molecule has 4 heteroatoms. The lowest BCUT2D eigenvalue weighted by Gasteiger charge is -2.33. The van der Waals surface area contributed by atoms with Crippen molar-refractivity contribution in [2.24, 2.45) is 0 Å². The summed E-state index contributed by atoms with van der Waals surface area (Å²) in [4.78, 5) is 2.38. The van der Waals surface area contributed by atoms with Crippen molar-refractivity contribution in [3.05, 3.63) is 30.1 Å². The number of rotatable bonds is 4. The van der Waals surface area contributed by atoms with Crippen LogP contribution in [-0.4, -0.2) is 43.7 Å². The zero-order valence-corrected chi connectivity index (χ0v) is 10.2. The summed E-state index contributed by atoms with van der Waals surface area (Å²) in [6.07, 6.45) is 0. The monoisotopic (exact) mass is 238 g/mol. The minimum absolute atomic E-state index is 0.252. The van der Waals surface area contributed by atoms with Crippen LogP contribution < -0.4 is 10.1 Å². The molecule has 2 rings (SSSR count). The van der Waals surface area contributed by atoms with E-state index in [2.05, 4.69) is 17.1 Å². The molecular formula is C13H19FN2O. The molecule has 1 aliphatic rings. The molecule has 1 fully saturated rings. The molecule has 0 saturated carbocycles. The predicted octanol–water partition coefficient (Wildman–Crippen LogP) is 1.50. The number of hydrogen-bond donors (Lipinski definition) is 1. The van der Waals surface area contributed by atoms with E-state index in [4.69, 9.17) is 4.74 Å². The van der Waals surface area contributed by atoms with Crippen molar-refractivity contribution in [1.82, 2.24) is 10.2 Å². The number of halogens is 1. The fourth-order valence-electron chi connectivity index (χ4n) is 2.05. The number of nitrogens with one attached hydrogen (secondary N) is 1. The van der Waals surface area contributed by atoms with Gasteiger partial charge in [0.15, 0.2) is 0 Å². The van der Waals surface area contributed by atoms with Gasteiger partial charge in [0.05, 0.1) is 0 Å². The van der Waals surface area contributed by atoms with Crippen LogP contribution >= 0.6 is 0 Å². The molecule has 17 heavy (non-hydrogen) atoms. The van der Waals surface area contributed by atoms with Crippen LogP contribution in [0.25, 0.3) is 0 Å². The van der Waals surface area contributed by atoms with E-state index in [9.17, 15) is 4.39 Å². The summed E-state index contributed by atoms with van der Waals surface area (Å²) in [6, 6.07) is 6.83. The van der Waals surface area contributed by atoms with E-state index < -0.39 is 0 Å². The van der Waals surface area contributed by atoms with E-state index >= 15 is 0 Å². The highest BCUT2D eigenvalue weighted by Gasteiger charge is 2.16. The van der Waals surface area contributed by atoms with Crippen molar-refractivity contribution in [2.45, 2.75) is 13.0 Å². The molecule has 0 aromatic heterocycles. The second kappa shape index (κ2) is 5.98. The van der Waals surface area contributed by atoms with E-state index in [1.807, 2.05) is 0 Å². The molecule has 0 spiro atoms. The highest BCUT2D eigenvalue weighted by atomic mass is 19.1. The van der Waals surface area contributed by atoms with Crippen molar-refractivity contribution >= 4 is 0 Å². The molecule has 0 amide bonds. The lowest BCUT2D eigenvalue weighted by Crippen LogP contribution is -2.50. The number of piperazine rings is 1. The van der Waals surface area contributed by atoms with Crippen molar-refractivity contribution in [3.8, 4) is 5.75 Å². The van der Waals surface area contributed by atoms with E-state index in [0.29, 0.717) is 18.4 Å². The first-order valence-electron chi connectivity index (χ1n) is 6.09. The van der Waals surface area contributed by atoms with Gasteiger partial charge in [-0.05, 0) is 19.1 Å². The first kappa shape index (κ1) is 12.3. The van der Waals surface area contributed by atoms with E-state index in [0.717, 1.165) is 26.2 Å². The van der Waals surface area contributed by atoms with Crippen LogP contribution in [0.2, 0.25) is 0 Å². The van der Waals surface area contributed by atoms with Crippen LogP contribution in [0.15, 0.2) is 24.3 Å². The third-order valence-corrected chi connectivity index (χ3v) is 3.08. The van der Waals surface area contributed by atoms with Crippen LogP contribution in [0.4, 0.5) is 4.39 Å². The van der Waals surface area contributed by atoms with Gasteiger partial charge < -0.3 is 10.1 Å². The second-order valence-electron chi connectivity index (χ2n) is 4.39. The summed E-state index contributed by atoms with van der Waals surface area (Å²) in [6.45, 7) is 6.81. The maximum absolute atomic E-state index is 12.9. The zero-order chi connectivity index (χ0) is 12.1. The van der Waals surface area contributed by atoms with Gasteiger partial charge in [0.1, 0.15) is 18.2 Å². The first-order valence-corrected chi connectivity index (χ1v) is 6.09. The van der Waals surface area contributed by atoms with E-state index in [1.165, 1.54) is 12.1 Å². The average Bonchev–Trinajstić information content (AvgIpc) is 2.32. The molecule has 3 nitrogen and oxygen atoms in total. The summed E-state index contributed by atoms with van der Waals surface area (Å²) in [7, 11) is 0. The molecule has 0 bridgehead atoms. The highest BCUT2D eigenvalue weighted by Crippen LogP contribution is 2.12. The predicted molar refractivity (Wildman–Crippen MR) is 65.8 cm³/mol. The van der Waals surface area contributed by atoms with Crippen molar-refractivity contribution < 1.29 is 9.13 Å². The Hall–Kier alpha value is -1.13. The van der Waals surface area contributed by atoms with Gasteiger partial charge in [-0.25, -0.2) is 4.39 Å². The molecular weight excluding hydrogens is 219 g/mol. The third-order valence-electron chi connectivity index (χ3n) is 3.08. The van der Waals surface area contributed by atoms with E-state index in [-0.39, 0.29) is 5.82 Å². The fraction of sp³-hybridized carbons (Fsp3) is 0.538. The lowest BCUT2D eigenvalue weighted by atomic mass is 10.2. The Balaban J connectivity index is 1.75. The number of benzene rings is 1. The summed E-state index contributed by atoms with van der Waals surface area (Å²) >= 11 is 0. The Morgan fingerprint density at radius 2 is 2.41 bits per heavy atom. The average molecular weight is 238 g/mol. The van der Waals surface area contributed by atoms with Crippen LogP contribution in [0, 0.1) is 5.82 Å². The van der Waals surface area contributed by atoms with Gasteiger partial charge >= 0.3 is 0 Å². The fourth-order valence-corrected chi connectivity index (χ4v) is 2.05. The molecule has 1 heterocycles. The van der Waals surface area contributed by atoms with Gasteiger partial charge in [-0.15, -0.1) is 0 Å². The topological polar surface area (TPSA) is 24.5 Å². The Labute approximate surface area is 102 Å². The standard InChI is InChI=1S/C13H19FN2O/c1-11-10-15-5-6-16(11)7-8-17-13-4-2-3-12(14)9-13/h2-4,9,11,15H,5-8,10H2,1H3/t11-/m0/s1. The largest absolute Gasteiger partial charge is 0.492 e. The Kier molecular flexibility index (Phi) is 4.34. The maximum atomic E-state index is 12.9. The Morgan fingerprint density at radius 1 is 1.53 bits per heavy atom. The molecule has 0 unspecified atom stereocenters. The maximum Gasteiger partial charge on any atom is 0.126 e. The summed E-state index contributed by atoms with van der Waals surface area (Å²) in [5.41, 5.74) is 0. The minimum Gasteiger partial charge on any atom is -0.492 e. The zero-order valence-electron chi connectivity index (χ0n) is 10.2. The van der Waals surface area contributed by atoms with Gasteiger partial charge in [0, 0.05) is 38.3 Å². The second-order valence-corrected chi connectivity index (χ2v) is 4.39.